The summed E-state index contributed by atoms with van der Waals surface area (Å²) in [5.74, 6) is 0.607. The maximum atomic E-state index is 11.7. The predicted octanol–water partition coefficient (Wildman–Crippen LogP) is 1.45. The molecule has 0 saturated heterocycles. The van der Waals surface area contributed by atoms with Crippen molar-refractivity contribution in [2.45, 2.75) is 88.0 Å². The third-order valence-corrected chi connectivity index (χ3v) is 9.54. The molecule has 0 unspecified atom stereocenters. The number of hydrogen-bond acceptors (Lipinski definition) is 16. The van der Waals surface area contributed by atoms with E-state index in [-0.39, 0.29) is 714 Å². The van der Waals surface area contributed by atoms with E-state index in [1.165, 1.54) is 34.8 Å². The van der Waals surface area contributed by atoms with E-state index in [1.807, 2.05) is 34.6 Å². The van der Waals surface area contributed by atoms with Crippen molar-refractivity contribution in [3.8, 4) is 17.8 Å². The fourth-order valence-corrected chi connectivity index (χ4v) is 6.62. The SMILES string of the molecule is CCc1c(C)n[c-]c2nc(-n3n[c-]nc3CC(C)=O)[n-]c12.CCc1c(C)n[c-]c2nc(-n3n[c-]nc3N(C(C)=O)C(C)=O)[n-]c12.CCc1c(C)n[c-]c2nc(-n3n[c-]nc3N)[n-]c12.[V].[V].[V].[V].[V].[V].[V].[V].[V].[V].[V].[V].[V].[V].[V].[V].[V].[V].[V].[V].[V].[Y].[Y].[Y].[Y].[Y].[Y].[Y].[Y].[Y]. The minimum atomic E-state index is -0.486. The molecule has 9 rings (SSSR count). The molecule has 53 heteroatoms. The molecule has 456 valence electrons. The van der Waals surface area contributed by atoms with Gasteiger partial charge in [0.05, 0.1) is 0 Å². The van der Waals surface area contributed by atoms with Crippen molar-refractivity contribution in [2.75, 3.05) is 10.6 Å². The molecule has 0 spiro atoms. The number of ketones is 1. The molecule has 30 radical (unpaired) electrons. The Hall–Kier alpha value is 14.1. The van der Waals surface area contributed by atoms with Gasteiger partial charge in [-0.1, -0.05) is 119 Å². The van der Waals surface area contributed by atoms with Gasteiger partial charge in [-0.2, -0.15) is 0 Å². The molecule has 0 aliphatic rings. The van der Waals surface area contributed by atoms with E-state index in [4.69, 9.17) is 5.73 Å². The number of nitrogen functional groups attached to an aromatic ring is 1. The molecule has 0 saturated carbocycles. The Morgan fingerprint density at radius 1 is 0.409 bits per heavy atom. The van der Waals surface area contributed by atoms with Gasteiger partial charge < -0.3 is 105 Å². The molecule has 23 nitrogen and oxygen atoms in total. The van der Waals surface area contributed by atoms with Gasteiger partial charge in [0.1, 0.15) is 5.78 Å². The van der Waals surface area contributed by atoms with Gasteiger partial charge >= 0.3 is 0 Å². The summed E-state index contributed by atoms with van der Waals surface area (Å²) in [6, 6.07) is 0. The number of aromatic nitrogens is 18. The van der Waals surface area contributed by atoms with Gasteiger partial charge in [-0.3, -0.25) is 9.59 Å². The van der Waals surface area contributed by atoms with Crippen LogP contribution in [0.4, 0.5) is 11.9 Å². The molecule has 0 aliphatic heterocycles. The monoisotopic (exact) mass is 2720 g/mol. The summed E-state index contributed by atoms with van der Waals surface area (Å²) in [6.07, 6.45) is 18.4. The number of fused-ring (bicyclic) bond motifs is 3. The quantitative estimate of drug-likeness (QED) is 0.200. The Kier molecular flexibility index (Phi) is 169. The Morgan fingerprint density at radius 2 is 0.677 bits per heavy atom. The maximum absolute atomic E-state index is 11.7. The second kappa shape index (κ2) is 90.0. The summed E-state index contributed by atoms with van der Waals surface area (Å²) in [7, 11) is 0. The Balaban J connectivity index is -0.0000000302. The van der Waals surface area contributed by atoms with E-state index in [0.717, 1.165) is 69.0 Å². The van der Waals surface area contributed by atoms with Crippen molar-refractivity contribution in [3.05, 3.63) is 77.2 Å². The molecule has 2 N–H and O–H groups in total. The first-order chi connectivity index (χ1) is 30.2. The van der Waals surface area contributed by atoms with Crippen molar-refractivity contribution in [1.29, 1.82) is 0 Å². The van der Waals surface area contributed by atoms with E-state index in [1.54, 1.807) is 0 Å². The zero-order valence-corrected chi connectivity index (χ0v) is 105. The first-order valence-corrected chi connectivity index (χ1v) is 19.4. The molecule has 0 bridgehead atoms. The number of nitrogens with zero attached hydrogens (tertiary/aromatic N) is 19. The molecular formula is C40H37N20O3V21Y9-9. The normalized spacial score (nSPS) is 7.54. The number of amides is 2. The minimum absolute atomic E-state index is 0. The third-order valence-electron chi connectivity index (χ3n) is 9.54. The molecule has 9 aromatic heterocycles. The van der Waals surface area contributed by atoms with Crippen LogP contribution in [0, 0.1) is 58.3 Å². The van der Waals surface area contributed by atoms with Gasteiger partial charge in [0.25, 0.3) is 0 Å². The van der Waals surface area contributed by atoms with Crippen molar-refractivity contribution in [3.63, 3.8) is 0 Å². The number of imide groups is 1. The number of carbonyl (C=O) groups is 3. The molecular weight excluding hydrogens is 2680 g/mol. The largest absolute Gasteiger partial charge is 0.457 e. The Labute approximate surface area is 1020 Å². The van der Waals surface area contributed by atoms with Gasteiger partial charge in [-0.15, -0.1) is 33.2 Å². The van der Waals surface area contributed by atoms with Crippen LogP contribution in [0.1, 0.15) is 81.1 Å². The van der Waals surface area contributed by atoms with Crippen LogP contribution in [0.25, 0.3) is 50.9 Å². The molecule has 9 aromatic rings. The van der Waals surface area contributed by atoms with Crippen LogP contribution >= 0.6 is 0 Å². The maximum Gasteiger partial charge on any atom is 0.215 e. The van der Waals surface area contributed by atoms with Gasteiger partial charge in [-0.25, -0.2) is 0 Å². The Morgan fingerprint density at radius 3 is 0.957 bits per heavy atom. The molecule has 93 heavy (non-hydrogen) atoms. The summed E-state index contributed by atoms with van der Waals surface area (Å²) < 4.78 is 3.97. The van der Waals surface area contributed by atoms with Crippen LogP contribution in [0.2, 0.25) is 0 Å². The molecule has 0 aliphatic carbocycles. The number of hydrogen-bond donors (Lipinski definition) is 1. The van der Waals surface area contributed by atoms with Crippen molar-refractivity contribution < 1.29 is 698 Å². The Bertz CT molecular complexity index is 3220. The molecule has 9 heterocycles. The average Bonchev–Trinajstić information content (AvgIpc) is 4.10. The average molecular weight is 2720 g/mol. The summed E-state index contributed by atoms with van der Waals surface area (Å²) in [6.45, 7) is 15.9. The fraction of sp³-hybridized carbons (Fsp3) is 0.325. The van der Waals surface area contributed by atoms with E-state index < -0.39 is 11.8 Å². The van der Waals surface area contributed by atoms with Gasteiger partial charge in [0.15, 0.2) is 0 Å². The zero-order chi connectivity index (χ0) is 45.1. The number of aryl methyl sites for hydroxylation is 6. The van der Waals surface area contributed by atoms with Crippen molar-refractivity contribution in [2.24, 2.45) is 0 Å². The van der Waals surface area contributed by atoms with E-state index in [9.17, 15) is 14.4 Å². The number of Topliss-reactive ketones (excluding diaryl/α,β-unsaturated/α-hetero) is 1. The van der Waals surface area contributed by atoms with Crippen LogP contribution in [0.15, 0.2) is 0 Å². The number of rotatable bonds is 9. The second-order valence-electron chi connectivity index (χ2n) is 13.8. The standard InChI is InChI=1S/C15H14N7O2.C14H13N6O.C11H10N7.21V.9Y/c1-5-11-8(2)16-6-12-13(11)20-14(19-12)22-15(17-7-18-22)21(9(3)23)10(4)24;1-4-10-9(3)15-6-11-13(10)19-14(18-11)20-12(5-8(2)21)16-7-17-20;1-3-7-6(2)13-4-8-9(7)17-11(16-8)18-10(12)14-5-15-18;;;;;;;;;;;;;;;;;;;;;;;;;;;;;;/h5H2,1-4H3;4-5H2,1-3H3;3H2,1-2H3,(H2-,12,14,15,16,17);;;;;;;;;;;;;;;;;;;;;;;;;;;;;;/q3*-3;;;;;;;;;;;;;;;;;;;;;;;;;;;;;;. The summed E-state index contributed by atoms with van der Waals surface area (Å²) in [5.41, 5.74) is 15.3. The third kappa shape index (κ3) is 49.1. The van der Waals surface area contributed by atoms with Crippen LogP contribution in [-0.4, -0.2) is 91.8 Å². The number of pyridine rings is 3. The number of anilines is 2. The minimum Gasteiger partial charge on any atom is -0.457 e. The van der Waals surface area contributed by atoms with Crippen LogP contribution in [0.5, 0.6) is 0 Å². The van der Waals surface area contributed by atoms with Gasteiger partial charge in [0.2, 0.25) is 11.8 Å². The number of imidazole rings is 3. The molecule has 2 amide bonds. The van der Waals surface area contributed by atoms with E-state index >= 15 is 0 Å². The van der Waals surface area contributed by atoms with Gasteiger partial charge in [0, 0.05) is 722 Å². The molecule has 0 aromatic carbocycles. The predicted molar refractivity (Wildman–Crippen MR) is 221 cm³/mol. The first kappa shape index (κ1) is 175. The second-order valence-corrected chi connectivity index (χ2v) is 13.8. The van der Waals surface area contributed by atoms with Crippen LogP contribution in [0.3, 0.4) is 0 Å². The zero-order valence-electron chi connectivity index (χ0n) is 50.2. The number of nitrogens with two attached hydrogens (primary N) is 1. The fourth-order valence-electron chi connectivity index (χ4n) is 6.62. The summed E-state index contributed by atoms with van der Waals surface area (Å²) in [5, 5.41) is 11.8. The van der Waals surface area contributed by atoms with Crippen molar-refractivity contribution in [1.82, 2.24) is 89.1 Å². The van der Waals surface area contributed by atoms with Gasteiger partial charge in [-0.05, 0) is 38.3 Å². The molecule has 0 fully saturated rings. The van der Waals surface area contributed by atoms with Crippen LogP contribution < -0.4 is 25.6 Å². The van der Waals surface area contributed by atoms with E-state index in [0.29, 0.717) is 39.8 Å². The molecule has 0 atom stereocenters. The summed E-state index contributed by atoms with van der Waals surface area (Å²) in [4.78, 5) is 86.1. The topological polar surface area (TPSA) is 292 Å². The first-order valence-electron chi connectivity index (χ1n) is 19.4. The smallest absolute Gasteiger partial charge is 0.215 e. The van der Waals surface area contributed by atoms with Crippen LogP contribution in [-0.2, 0) is 724 Å². The summed E-state index contributed by atoms with van der Waals surface area (Å²) >= 11 is 0. The number of carbonyl (C=O) groups excluding carboxylic acids is 3. The van der Waals surface area contributed by atoms with E-state index in [2.05, 4.69) is 120 Å². The van der Waals surface area contributed by atoms with Crippen molar-refractivity contribution >= 4 is 62.6 Å².